The Morgan fingerprint density at radius 2 is 1.93 bits per heavy atom. The first kappa shape index (κ1) is 16.6. The summed E-state index contributed by atoms with van der Waals surface area (Å²) in [7, 11) is 0. The zero-order valence-electron chi connectivity index (χ0n) is 14.5. The number of piperazine rings is 1. The molecule has 3 aliphatic rings. The molecule has 1 aromatic carbocycles. The van der Waals surface area contributed by atoms with Gasteiger partial charge in [-0.1, -0.05) is 15.9 Å². The first-order chi connectivity index (χ1) is 13.2. The average Bonchev–Trinajstić information content (AvgIpc) is 3.16. The number of hydrogen-bond donors (Lipinski definition) is 1. The maximum Gasteiger partial charge on any atom is 0.238 e. The van der Waals surface area contributed by atoms with Crippen LogP contribution in [0.1, 0.15) is 6.42 Å². The molecular formula is C18H18BrN7O. The molecule has 138 valence electrons. The van der Waals surface area contributed by atoms with Gasteiger partial charge in [0.25, 0.3) is 0 Å². The van der Waals surface area contributed by atoms with Gasteiger partial charge in [-0.15, -0.1) is 15.3 Å². The highest BCUT2D eigenvalue weighted by Crippen LogP contribution is 2.33. The number of aromatic nitrogens is 4. The number of carbonyl (C=O) groups is 1. The van der Waals surface area contributed by atoms with E-state index in [-0.39, 0.29) is 5.91 Å². The van der Waals surface area contributed by atoms with Gasteiger partial charge in [-0.3, -0.25) is 9.69 Å². The lowest BCUT2D eigenvalue weighted by Crippen LogP contribution is -2.69. The Bertz CT molecular complexity index is 977. The summed E-state index contributed by atoms with van der Waals surface area (Å²) in [6.07, 6.45) is 2.75. The number of nitrogens with one attached hydrogen (secondary N) is 1. The standard InChI is InChI=1S/C18H18BrN7O/c19-12-1-3-13(4-2-12)21-18(27)10-25-14-7-15(25)9-24(8-14)17-6-5-16-22-20-11-26(16)23-17/h1-6,11,14-15H,7-10H2,(H,21,27). The van der Waals surface area contributed by atoms with Crippen LogP contribution in [0.2, 0.25) is 0 Å². The highest BCUT2D eigenvalue weighted by Gasteiger charge is 2.45. The second-order valence-electron chi connectivity index (χ2n) is 7.00. The molecule has 2 unspecified atom stereocenters. The van der Waals surface area contributed by atoms with E-state index in [1.165, 1.54) is 0 Å². The molecule has 0 aliphatic carbocycles. The number of fused-ring (bicyclic) bond motifs is 3. The molecular weight excluding hydrogens is 410 g/mol. The van der Waals surface area contributed by atoms with Crippen LogP contribution in [0.3, 0.4) is 0 Å². The maximum atomic E-state index is 12.4. The van der Waals surface area contributed by atoms with Gasteiger partial charge in [0.05, 0.1) is 6.54 Å². The molecule has 1 N–H and O–H groups in total. The third-order valence-electron chi connectivity index (χ3n) is 5.27. The maximum absolute atomic E-state index is 12.4. The van der Waals surface area contributed by atoms with Crippen molar-refractivity contribution in [3.05, 3.63) is 47.2 Å². The molecule has 1 amide bonds. The Morgan fingerprint density at radius 1 is 1.15 bits per heavy atom. The quantitative estimate of drug-likeness (QED) is 0.683. The van der Waals surface area contributed by atoms with E-state index in [0.717, 1.165) is 41.1 Å². The normalized spacial score (nSPS) is 21.9. The summed E-state index contributed by atoms with van der Waals surface area (Å²) < 4.78 is 2.69. The molecule has 3 saturated heterocycles. The molecule has 8 nitrogen and oxygen atoms in total. The van der Waals surface area contributed by atoms with Gasteiger partial charge in [0.15, 0.2) is 5.65 Å². The van der Waals surface area contributed by atoms with Gasteiger partial charge in [-0.25, -0.2) is 0 Å². The van der Waals surface area contributed by atoms with Crippen molar-refractivity contribution in [2.24, 2.45) is 0 Å². The smallest absolute Gasteiger partial charge is 0.238 e. The summed E-state index contributed by atoms with van der Waals surface area (Å²) >= 11 is 3.40. The predicted molar refractivity (Wildman–Crippen MR) is 105 cm³/mol. The summed E-state index contributed by atoms with van der Waals surface area (Å²) in [6, 6.07) is 12.3. The lowest BCUT2D eigenvalue weighted by molar-refractivity contribution is -0.121. The molecule has 2 aromatic heterocycles. The third kappa shape index (κ3) is 3.17. The largest absolute Gasteiger partial charge is 0.352 e. The van der Waals surface area contributed by atoms with E-state index in [9.17, 15) is 4.79 Å². The molecule has 5 heterocycles. The van der Waals surface area contributed by atoms with Crippen molar-refractivity contribution in [3.8, 4) is 0 Å². The van der Waals surface area contributed by atoms with E-state index in [1.54, 1.807) is 10.8 Å². The Kier molecular flexibility index (Phi) is 4.05. The van der Waals surface area contributed by atoms with E-state index in [1.807, 2.05) is 36.4 Å². The van der Waals surface area contributed by atoms with E-state index in [4.69, 9.17) is 0 Å². The Hall–Kier alpha value is -2.52. The number of amides is 1. The minimum Gasteiger partial charge on any atom is -0.352 e. The number of piperidine rings is 1. The SMILES string of the molecule is O=C(CN1C2CC1CN(c1ccc3nncn3n1)C2)Nc1ccc(Br)cc1. The van der Waals surface area contributed by atoms with Crippen LogP contribution in [0.4, 0.5) is 11.5 Å². The highest BCUT2D eigenvalue weighted by atomic mass is 79.9. The second-order valence-corrected chi connectivity index (χ2v) is 7.92. The fourth-order valence-corrected chi connectivity index (χ4v) is 4.18. The van der Waals surface area contributed by atoms with Crippen LogP contribution in [-0.2, 0) is 4.79 Å². The van der Waals surface area contributed by atoms with Crippen LogP contribution < -0.4 is 10.2 Å². The van der Waals surface area contributed by atoms with Gasteiger partial charge < -0.3 is 10.2 Å². The van der Waals surface area contributed by atoms with Crippen molar-refractivity contribution in [2.45, 2.75) is 18.5 Å². The Balaban J connectivity index is 1.21. The summed E-state index contributed by atoms with van der Waals surface area (Å²) in [5, 5.41) is 15.4. The number of halogens is 1. The van der Waals surface area contributed by atoms with Gasteiger partial charge in [0, 0.05) is 35.3 Å². The predicted octanol–water partition coefficient (Wildman–Crippen LogP) is 1.79. The highest BCUT2D eigenvalue weighted by molar-refractivity contribution is 9.10. The Morgan fingerprint density at radius 3 is 2.70 bits per heavy atom. The van der Waals surface area contributed by atoms with Crippen molar-refractivity contribution in [3.63, 3.8) is 0 Å². The molecule has 0 radical (unpaired) electrons. The number of hydrogen-bond acceptors (Lipinski definition) is 6. The fourth-order valence-electron chi connectivity index (χ4n) is 3.92. The zero-order chi connectivity index (χ0) is 18.4. The van der Waals surface area contributed by atoms with Crippen LogP contribution in [0.25, 0.3) is 5.65 Å². The lowest BCUT2D eigenvalue weighted by atomic mass is 9.87. The van der Waals surface area contributed by atoms with Crippen molar-refractivity contribution in [2.75, 3.05) is 29.9 Å². The van der Waals surface area contributed by atoms with E-state index < -0.39 is 0 Å². The van der Waals surface area contributed by atoms with Crippen LogP contribution in [0.15, 0.2) is 47.2 Å². The average molecular weight is 428 g/mol. The molecule has 3 aromatic rings. The lowest BCUT2D eigenvalue weighted by Gasteiger charge is -2.56. The van der Waals surface area contributed by atoms with Crippen molar-refractivity contribution >= 4 is 39.0 Å². The molecule has 6 rings (SSSR count). The summed E-state index contributed by atoms with van der Waals surface area (Å²) in [4.78, 5) is 17.0. The van der Waals surface area contributed by atoms with Crippen molar-refractivity contribution < 1.29 is 4.79 Å². The molecule has 3 fully saturated rings. The van der Waals surface area contributed by atoms with Crippen LogP contribution in [0.5, 0.6) is 0 Å². The number of benzene rings is 1. The van der Waals surface area contributed by atoms with Crippen LogP contribution >= 0.6 is 15.9 Å². The topological polar surface area (TPSA) is 78.7 Å². The Labute approximate surface area is 164 Å². The van der Waals surface area contributed by atoms with Crippen molar-refractivity contribution in [1.82, 2.24) is 24.7 Å². The number of carbonyl (C=O) groups excluding carboxylic acids is 1. The molecule has 0 spiro atoms. The fraction of sp³-hybridized carbons (Fsp3) is 0.333. The molecule has 9 heteroatoms. The minimum atomic E-state index is 0.0320. The first-order valence-corrected chi connectivity index (χ1v) is 9.68. The third-order valence-corrected chi connectivity index (χ3v) is 5.80. The first-order valence-electron chi connectivity index (χ1n) is 8.89. The number of anilines is 2. The van der Waals surface area contributed by atoms with E-state index >= 15 is 0 Å². The van der Waals surface area contributed by atoms with Crippen LogP contribution in [-0.4, -0.2) is 62.3 Å². The monoisotopic (exact) mass is 427 g/mol. The summed E-state index contributed by atoms with van der Waals surface area (Å²) in [6.45, 7) is 2.18. The van der Waals surface area contributed by atoms with E-state index in [2.05, 4.69) is 46.3 Å². The molecule has 0 saturated carbocycles. The van der Waals surface area contributed by atoms with Gasteiger partial charge in [-0.2, -0.15) is 4.52 Å². The second kappa shape index (κ2) is 6.58. The molecule has 27 heavy (non-hydrogen) atoms. The summed E-state index contributed by atoms with van der Waals surface area (Å²) in [5.41, 5.74) is 1.56. The van der Waals surface area contributed by atoms with Gasteiger partial charge in [0.1, 0.15) is 12.1 Å². The van der Waals surface area contributed by atoms with Gasteiger partial charge >= 0.3 is 0 Å². The number of nitrogens with zero attached hydrogens (tertiary/aromatic N) is 6. The van der Waals surface area contributed by atoms with Crippen LogP contribution in [0, 0.1) is 0 Å². The van der Waals surface area contributed by atoms with Crippen molar-refractivity contribution in [1.29, 1.82) is 0 Å². The summed E-state index contributed by atoms with van der Waals surface area (Å²) in [5.74, 6) is 0.959. The minimum absolute atomic E-state index is 0.0320. The van der Waals surface area contributed by atoms with E-state index in [0.29, 0.717) is 18.6 Å². The number of rotatable bonds is 4. The zero-order valence-corrected chi connectivity index (χ0v) is 16.1. The molecule has 2 atom stereocenters. The molecule has 3 aliphatic heterocycles. The van der Waals surface area contributed by atoms with Gasteiger partial charge in [-0.05, 0) is 42.8 Å². The molecule has 2 bridgehead atoms. The van der Waals surface area contributed by atoms with Gasteiger partial charge in [0.2, 0.25) is 5.91 Å².